The van der Waals surface area contributed by atoms with Gasteiger partial charge in [0.2, 0.25) is 0 Å². The third kappa shape index (κ3) is 4.44. The molecule has 116 valence electrons. The van der Waals surface area contributed by atoms with Crippen molar-refractivity contribution in [2.24, 2.45) is 0 Å². The van der Waals surface area contributed by atoms with E-state index in [4.69, 9.17) is 0 Å². The summed E-state index contributed by atoms with van der Waals surface area (Å²) in [5.41, 5.74) is -1.11. The van der Waals surface area contributed by atoms with Crippen LogP contribution in [0.4, 0.5) is 4.79 Å². The van der Waals surface area contributed by atoms with Gasteiger partial charge in [0.25, 0.3) is 0 Å². The highest BCUT2D eigenvalue weighted by Gasteiger charge is 2.40. The molecule has 2 amide bonds. The first-order chi connectivity index (χ1) is 10.0. The molecule has 0 bridgehead atoms. The predicted octanol–water partition coefficient (Wildman–Crippen LogP) is 3.49. The van der Waals surface area contributed by atoms with Crippen molar-refractivity contribution in [3.63, 3.8) is 0 Å². The summed E-state index contributed by atoms with van der Waals surface area (Å²) in [5, 5.41) is 16.9. The van der Waals surface area contributed by atoms with Crippen LogP contribution in [0.15, 0.2) is 15.9 Å². The summed E-state index contributed by atoms with van der Waals surface area (Å²) in [7, 11) is 0. The molecule has 1 aromatic heterocycles. The lowest BCUT2D eigenvalue weighted by molar-refractivity contribution is -0.145. The van der Waals surface area contributed by atoms with Crippen LogP contribution in [0.1, 0.15) is 43.4 Å². The van der Waals surface area contributed by atoms with E-state index in [1.165, 1.54) is 0 Å². The zero-order valence-electron chi connectivity index (χ0n) is 11.7. The lowest BCUT2D eigenvalue weighted by Crippen LogP contribution is -2.56. The molecule has 1 aromatic rings. The summed E-state index contributed by atoms with van der Waals surface area (Å²) in [6.07, 6.45) is 4.73. The molecule has 0 unspecified atom stereocenters. The highest BCUT2D eigenvalue weighted by molar-refractivity contribution is 9.10. The Bertz CT molecular complexity index is 510. The fourth-order valence-corrected chi connectivity index (χ4v) is 3.99. The van der Waals surface area contributed by atoms with Crippen molar-refractivity contribution in [1.29, 1.82) is 0 Å². The molecule has 5 nitrogen and oxygen atoms in total. The van der Waals surface area contributed by atoms with Gasteiger partial charge in [0.05, 0.1) is 6.54 Å². The topological polar surface area (TPSA) is 78.4 Å². The number of carbonyl (C=O) groups excluding carboxylic acids is 1. The van der Waals surface area contributed by atoms with E-state index < -0.39 is 17.5 Å². The van der Waals surface area contributed by atoms with E-state index in [1.807, 2.05) is 11.4 Å². The average molecular weight is 375 g/mol. The summed E-state index contributed by atoms with van der Waals surface area (Å²) in [5.74, 6) is -0.932. The Morgan fingerprint density at radius 2 is 1.95 bits per heavy atom. The fourth-order valence-electron chi connectivity index (χ4n) is 2.60. The highest BCUT2D eigenvalue weighted by Crippen LogP contribution is 2.27. The number of amides is 2. The molecule has 1 fully saturated rings. The number of rotatable bonds is 4. The van der Waals surface area contributed by atoms with Crippen LogP contribution in [0.5, 0.6) is 0 Å². The van der Waals surface area contributed by atoms with E-state index in [2.05, 4.69) is 26.6 Å². The van der Waals surface area contributed by atoms with Gasteiger partial charge in [-0.25, -0.2) is 9.59 Å². The number of hydrogen-bond acceptors (Lipinski definition) is 3. The van der Waals surface area contributed by atoms with Crippen molar-refractivity contribution in [2.45, 2.75) is 50.6 Å². The summed E-state index contributed by atoms with van der Waals surface area (Å²) >= 11 is 4.90. The van der Waals surface area contributed by atoms with Gasteiger partial charge in [-0.15, -0.1) is 11.3 Å². The van der Waals surface area contributed by atoms with Crippen LogP contribution >= 0.6 is 27.3 Å². The van der Waals surface area contributed by atoms with E-state index >= 15 is 0 Å². The Morgan fingerprint density at radius 3 is 2.48 bits per heavy atom. The zero-order chi connectivity index (χ0) is 15.3. The maximum Gasteiger partial charge on any atom is 0.329 e. The number of carboxylic acids is 1. The van der Waals surface area contributed by atoms with Gasteiger partial charge in [-0.1, -0.05) is 25.7 Å². The van der Waals surface area contributed by atoms with Crippen molar-refractivity contribution in [3.8, 4) is 0 Å². The van der Waals surface area contributed by atoms with E-state index in [0.717, 1.165) is 35.0 Å². The monoisotopic (exact) mass is 374 g/mol. The second-order valence-corrected chi connectivity index (χ2v) is 7.25. The molecule has 1 aliphatic rings. The number of nitrogens with one attached hydrogen (secondary N) is 2. The number of carbonyl (C=O) groups is 2. The minimum absolute atomic E-state index is 0.401. The fraction of sp³-hybridized carbons (Fsp3) is 0.571. The number of aliphatic carboxylic acids is 1. The molecule has 0 saturated heterocycles. The van der Waals surface area contributed by atoms with Gasteiger partial charge < -0.3 is 15.7 Å². The van der Waals surface area contributed by atoms with Gasteiger partial charge in [0.1, 0.15) is 5.54 Å². The van der Waals surface area contributed by atoms with Crippen LogP contribution in [0.2, 0.25) is 0 Å². The maximum atomic E-state index is 12.0. The Labute approximate surface area is 136 Å². The summed E-state index contributed by atoms with van der Waals surface area (Å²) < 4.78 is 0.982. The molecule has 2 rings (SSSR count). The minimum Gasteiger partial charge on any atom is -0.480 e. The lowest BCUT2D eigenvalue weighted by atomic mass is 9.90. The standard InChI is InChI=1S/C14H19BrN2O3S/c15-10-7-11(21-9-10)8-16-13(20)17-14(12(18)19)5-3-1-2-4-6-14/h7,9H,1-6,8H2,(H,18,19)(H2,16,17,20). The molecule has 0 aliphatic heterocycles. The third-order valence-electron chi connectivity index (χ3n) is 3.76. The Morgan fingerprint density at radius 1 is 1.29 bits per heavy atom. The first-order valence-corrected chi connectivity index (χ1v) is 8.71. The maximum absolute atomic E-state index is 12.0. The van der Waals surface area contributed by atoms with Crippen molar-refractivity contribution < 1.29 is 14.7 Å². The second kappa shape index (κ2) is 7.26. The van der Waals surface area contributed by atoms with Crippen LogP contribution < -0.4 is 10.6 Å². The van der Waals surface area contributed by atoms with Crippen LogP contribution in [0.25, 0.3) is 0 Å². The molecule has 0 atom stereocenters. The number of carboxylic acid groups (broad SMARTS) is 1. The smallest absolute Gasteiger partial charge is 0.329 e. The van der Waals surface area contributed by atoms with E-state index in [0.29, 0.717) is 19.4 Å². The summed E-state index contributed by atoms with van der Waals surface area (Å²) in [6, 6.07) is 1.52. The van der Waals surface area contributed by atoms with Crippen molar-refractivity contribution in [2.75, 3.05) is 0 Å². The van der Waals surface area contributed by atoms with Gasteiger partial charge in [0, 0.05) is 14.7 Å². The van der Waals surface area contributed by atoms with Crippen LogP contribution in [-0.4, -0.2) is 22.6 Å². The number of halogens is 1. The third-order valence-corrected chi connectivity index (χ3v) is 5.46. The Kier molecular flexibility index (Phi) is 5.64. The second-order valence-electron chi connectivity index (χ2n) is 5.34. The minimum atomic E-state index is -1.11. The average Bonchev–Trinajstić information content (AvgIpc) is 2.71. The molecule has 0 spiro atoms. The largest absolute Gasteiger partial charge is 0.480 e. The quantitative estimate of drug-likeness (QED) is 0.705. The van der Waals surface area contributed by atoms with Gasteiger partial charge in [-0.3, -0.25) is 0 Å². The normalized spacial score (nSPS) is 17.8. The van der Waals surface area contributed by atoms with Gasteiger partial charge >= 0.3 is 12.0 Å². The SMILES string of the molecule is O=C(NCc1cc(Br)cs1)NC1(C(=O)O)CCCCCC1. The van der Waals surface area contributed by atoms with Crippen molar-refractivity contribution in [3.05, 3.63) is 20.8 Å². The first-order valence-electron chi connectivity index (χ1n) is 7.04. The molecule has 0 radical (unpaired) electrons. The van der Waals surface area contributed by atoms with Crippen LogP contribution in [0, 0.1) is 0 Å². The Hall–Kier alpha value is -1.08. The lowest BCUT2D eigenvalue weighted by Gasteiger charge is -2.29. The molecule has 0 aromatic carbocycles. The van der Waals surface area contributed by atoms with Crippen molar-refractivity contribution in [1.82, 2.24) is 10.6 Å². The number of urea groups is 1. The first kappa shape index (κ1) is 16.3. The van der Waals surface area contributed by atoms with Crippen LogP contribution in [0.3, 0.4) is 0 Å². The number of hydrogen-bond donors (Lipinski definition) is 3. The predicted molar refractivity (Wildman–Crippen MR) is 85.5 cm³/mol. The van der Waals surface area contributed by atoms with Gasteiger partial charge in [-0.2, -0.15) is 0 Å². The molecular weight excluding hydrogens is 356 g/mol. The molecule has 7 heteroatoms. The zero-order valence-corrected chi connectivity index (χ0v) is 14.1. The van der Waals surface area contributed by atoms with Crippen molar-refractivity contribution >= 4 is 39.3 Å². The molecular formula is C14H19BrN2O3S. The van der Waals surface area contributed by atoms with E-state index in [1.54, 1.807) is 11.3 Å². The summed E-state index contributed by atoms with van der Waals surface area (Å²) in [6.45, 7) is 0.401. The van der Waals surface area contributed by atoms with Gasteiger partial charge in [-0.05, 0) is 34.8 Å². The number of thiophene rings is 1. The highest BCUT2D eigenvalue weighted by atomic mass is 79.9. The molecule has 1 saturated carbocycles. The molecule has 3 N–H and O–H groups in total. The van der Waals surface area contributed by atoms with Crippen LogP contribution in [-0.2, 0) is 11.3 Å². The molecule has 21 heavy (non-hydrogen) atoms. The van der Waals surface area contributed by atoms with E-state index in [-0.39, 0.29) is 0 Å². The Balaban J connectivity index is 1.93. The molecule has 1 heterocycles. The van der Waals surface area contributed by atoms with E-state index in [9.17, 15) is 14.7 Å². The molecule has 1 aliphatic carbocycles. The van der Waals surface area contributed by atoms with Gasteiger partial charge in [0.15, 0.2) is 0 Å². The summed E-state index contributed by atoms with van der Waals surface area (Å²) in [4.78, 5) is 24.6.